The molecule has 3 heterocycles. The number of rotatable bonds is 4. The van der Waals surface area contributed by atoms with E-state index in [0.29, 0.717) is 17.0 Å². The van der Waals surface area contributed by atoms with Gasteiger partial charge in [0.2, 0.25) is 11.7 Å². The van der Waals surface area contributed by atoms with Crippen LogP contribution in [0.2, 0.25) is 0 Å². The van der Waals surface area contributed by atoms with Crippen molar-refractivity contribution in [1.29, 1.82) is 0 Å². The molecule has 1 amide bonds. The Hall–Kier alpha value is -3.37. The van der Waals surface area contributed by atoms with Crippen molar-refractivity contribution in [2.24, 2.45) is 0 Å². The third kappa shape index (κ3) is 4.07. The maximum atomic E-state index is 12.7. The van der Waals surface area contributed by atoms with Gasteiger partial charge in [-0.15, -0.1) is 0 Å². The summed E-state index contributed by atoms with van der Waals surface area (Å²) in [4.78, 5) is 22.1. The second kappa shape index (κ2) is 6.74. The lowest BCUT2D eigenvalue weighted by molar-refractivity contribution is -0.508. The highest BCUT2D eigenvalue weighted by atomic mass is 19.4. The van der Waals surface area contributed by atoms with Crippen LogP contribution in [0.5, 0.6) is 5.88 Å². The number of hydrogen-bond acceptors (Lipinski definition) is 5. The molecule has 3 aromatic rings. The van der Waals surface area contributed by atoms with Crippen LogP contribution in [0.15, 0.2) is 30.7 Å². The Morgan fingerprint density at radius 2 is 2.11 bits per heavy atom. The number of aromatic nitrogens is 4. The molecule has 142 valence electrons. The molecule has 0 unspecified atom stereocenters. The van der Waals surface area contributed by atoms with Gasteiger partial charge in [-0.05, 0) is 13.0 Å². The van der Waals surface area contributed by atoms with Crippen LogP contribution in [-0.4, -0.2) is 33.1 Å². The molecule has 0 saturated carbocycles. The summed E-state index contributed by atoms with van der Waals surface area (Å²) in [5, 5.41) is 2.62. The molecule has 8 nitrogen and oxygen atoms in total. The Labute approximate surface area is 151 Å². The lowest BCUT2D eigenvalue weighted by Crippen LogP contribution is -2.31. The van der Waals surface area contributed by atoms with Crippen LogP contribution in [0.3, 0.4) is 0 Å². The highest BCUT2D eigenvalue weighted by Crippen LogP contribution is 2.28. The van der Waals surface area contributed by atoms with Crippen molar-refractivity contribution in [3.63, 3.8) is 0 Å². The van der Waals surface area contributed by atoms with Gasteiger partial charge in [-0.25, -0.2) is 15.0 Å². The van der Waals surface area contributed by atoms with Gasteiger partial charge >= 0.3 is 6.18 Å². The van der Waals surface area contributed by atoms with Gasteiger partial charge in [-0.3, -0.25) is 10.1 Å². The van der Waals surface area contributed by atoms with Gasteiger partial charge in [0.1, 0.15) is 6.20 Å². The summed E-state index contributed by atoms with van der Waals surface area (Å²) in [7, 11) is 0. The molecular formula is C16H16F3N6O2+. The summed E-state index contributed by atoms with van der Waals surface area (Å²) in [6.45, 7) is 2.24. The molecule has 3 aromatic heterocycles. The SMILES string of the molecule is CC(=O)Nc1c[n+]2cc(-c3cnc(N)c(O[C@@H](C)C(F)(F)F)n3)ccc2[nH]1. The Kier molecular flexibility index (Phi) is 4.60. The molecule has 0 saturated heterocycles. The number of amides is 1. The number of nitrogens with two attached hydrogens (primary N) is 1. The zero-order chi connectivity index (χ0) is 19.8. The number of anilines is 2. The van der Waals surface area contributed by atoms with Gasteiger partial charge in [0.15, 0.2) is 18.1 Å². The third-order valence-corrected chi connectivity index (χ3v) is 3.63. The largest absolute Gasteiger partial charge is 0.462 e. The molecular weight excluding hydrogens is 365 g/mol. The summed E-state index contributed by atoms with van der Waals surface area (Å²) < 4.78 is 44.6. The molecule has 0 aliphatic carbocycles. The van der Waals surface area contributed by atoms with Crippen LogP contribution in [0.4, 0.5) is 24.8 Å². The minimum Gasteiger partial charge on any atom is -0.462 e. The summed E-state index contributed by atoms with van der Waals surface area (Å²) in [6, 6.07) is 3.41. The number of alkyl halides is 3. The highest BCUT2D eigenvalue weighted by molar-refractivity contribution is 5.87. The number of carbonyl (C=O) groups is 1. The van der Waals surface area contributed by atoms with Crippen LogP contribution in [-0.2, 0) is 4.79 Å². The van der Waals surface area contributed by atoms with E-state index in [1.165, 1.54) is 13.1 Å². The van der Waals surface area contributed by atoms with E-state index in [1.807, 2.05) is 0 Å². The predicted molar refractivity (Wildman–Crippen MR) is 89.8 cm³/mol. The second-order valence-electron chi connectivity index (χ2n) is 5.81. The fourth-order valence-corrected chi connectivity index (χ4v) is 2.29. The van der Waals surface area contributed by atoms with E-state index in [9.17, 15) is 18.0 Å². The number of nitrogens with one attached hydrogen (secondary N) is 2. The number of pyridine rings is 1. The molecule has 1 atom stereocenters. The minimum absolute atomic E-state index is 0.229. The monoisotopic (exact) mass is 381 g/mol. The van der Waals surface area contributed by atoms with E-state index in [4.69, 9.17) is 10.5 Å². The molecule has 11 heteroatoms. The fourth-order valence-electron chi connectivity index (χ4n) is 2.29. The zero-order valence-corrected chi connectivity index (χ0v) is 14.3. The smallest absolute Gasteiger partial charge is 0.425 e. The number of hydrogen-bond donors (Lipinski definition) is 3. The average Bonchev–Trinajstić information content (AvgIpc) is 2.96. The van der Waals surface area contributed by atoms with Gasteiger partial charge in [0, 0.05) is 18.6 Å². The quantitative estimate of drug-likeness (QED) is 0.600. The molecule has 0 aromatic carbocycles. The number of aromatic amines is 1. The summed E-state index contributed by atoms with van der Waals surface area (Å²) in [6.07, 6.45) is -1.97. The van der Waals surface area contributed by atoms with Crippen LogP contribution < -0.4 is 20.2 Å². The molecule has 0 radical (unpaired) electrons. The predicted octanol–water partition coefficient (Wildman–Crippen LogP) is 2.08. The Morgan fingerprint density at radius 3 is 2.78 bits per heavy atom. The number of carbonyl (C=O) groups excluding carboxylic acids is 1. The summed E-state index contributed by atoms with van der Waals surface area (Å²) in [5.41, 5.74) is 7.12. The molecule has 3 rings (SSSR count). The minimum atomic E-state index is -4.55. The number of H-pyrrole nitrogens is 1. The van der Waals surface area contributed by atoms with Crippen molar-refractivity contribution in [1.82, 2.24) is 15.0 Å². The number of nitrogen functional groups attached to an aromatic ring is 1. The summed E-state index contributed by atoms with van der Waals surface area (Å²) in [5.74, 6) is -0.369. The normalized spacial score (nSPS) is 12.8. The fraction of sp³-hybridized carbons (Fsp3) is 0.250. The number of halogens is 3. The lowest BCUT2D eigenvalue weighted by atomic mass is 10.2. The molecule has 0 aliphatic heterocycles. The van der Waals surface area contributed by atoms with Crippen LogP contribution in [0, 0.1) is 0 Å². The molecule has 0 aliphatic rings. The van der Waals surface area contributed by atoms with E-state index in [0.717, 1.165) is 6.92 Å². The van der Waals surface area contributed by atoms with E-state index in [2.05, 4.69) is 20.3 Å². The first-order valence-corrected chi connectivity index (χ1v) is 7.81. The number of fused-ring (bicyclic) bond motifs is 1. The van der Waals surface area contributed by atoms with Crippen LogP contribution >= 0.6 is 0 Å². The maximum absolute atomic E-state index is 12.7. The molecule has 0 bridgehead atoms. The van der Waals surface area contributed by atoms with Gasteiger partial charge in [-0.2, -0.15) is 17.6 Å². The average molecular weight is 381 g/mol. The van der Waals surface area contributed by atoms with Gasteiger partial charge in [0.25, 0.3) is 11.5 Å². The van der Waals surface area contributed by atoms with Gasteiger partial charge in [0.05, 0.1) is 11.9 Å². The van der Waals surface area contributed by atoms with E-state index in [1.54, 1.807) is 28.9 Å². The van der Waals surface area contributed by atoms with Crippen LogP contribution in [0.1, 0.15) is 13.8 Å². The highest BCUT2D eigenvalue weighted by Gasteiger charge is 2.38. The Morgan fingerprint density at radius 1 is 1.37 bits per heavy atom. The van der Waals surface area contributed by atoms with E-state index < -0.39 is 18.2 Å². The Bertz CT molecular complexity index is 1000. The van der Waals surface area contributed by atoms with E-state index >= 15 is 0 Å². The number of nitrogens with zero attached hydrogens (tertiary/aromatic N) is 3. The molecule has 27 heavy (non-hydrogen) atoms. The maximum Gasteiger partial charge on any atom is 0.425 e. The van der Waals surface area contributed by atoms with E-state index in [-0.39, 0.29) is 17.4 Å². The molecule has 0 spiro atoms. The number of imidazole rings is 1. The van der Waals surface area contributed by atoms with Crippen molar-refractivity contribution in [2.45, 2.75) is 26.1 Å². The third-order valence-electron chi connectivity index (χ3n) is 3.63. The first-order valence-electron chi connectivity index (χ1n) is 7.81. The standard InChI is InChI=1S/C16H15F3N6O2/c1-8(16(17,18)19)27-15-14(20)21-5-11(23-15)10-3-4-13-24-12(22-9(2)26)7-25(13)6-10/h3-8H,1-2H3,(H3,20,21,22,26)/p+1/t8-/m0/s1. The zero-order valence-electron chi connectivity index (χ0n) is 14.3. The number of ether oxygens (including phenoxy) is 1. The van der Waals surface area contributed by atoms with Crippen molar-refractivity contribution >= 4 is 23.2 Å². The Balaban J connectivity index is 1.93. The van der Waals surface area contributed by atoms with Crippen molar-refractivity contribution < 1.29 is 27.1 Å². The van der Waals surface area contributed by atoms with Gasteiger partial charge in [-0.1, -0.05) is 0 Å². The van der Waals surface area contributed by atoms with Gasteiger partial charge < -0.3 is 10.5 Å². The summed E-state index contributed by atoms with van der Waals surface area (Å²) >= 11 is 0. The molecule has 0 fully saturated rings. The van der Waals surface area contributed by atoms with Crippen molar-refractivity contribution in [3.8, 4) is 17.1 Å². The first kappa shape index (κ1) is 18.4. The first-order chi connectivity index (χ1) is 12.6. The molecule has 4 N–H and O–H groups in total. The lowest BCUT2D eigenvalue weighted by Gasteiger charge is -2.17. The van der Waals surface area contributed by atoms with Crippen molar-refractivity contribution in [3.05, 3.63) is 30.7 Å². The topological polar surface area (TPSA) is 110 Å². The van der Waals surface area contributed by atoms with Crippen molar-refractivity contribution in [2.75, 3.05) is 11.1 Å². The van der Waals surface area contributed by atoms with Crippen LogP contribution in [0.25, 0.3) is 16.9 Å². The second-order valence-corrected chi connectivity index (χ2v) is 5.81.